The van der Waals surface area contributed by atoms with Crippen LogP contribution >= 0.6 is 0 Å². The zero-order valence-electron chi connectivity index (χ0n) is 14.8. The van der Waals surface area contributed by atoms with Crippen LogP contribution in [0.4, 0.5) is 8.78 Å². The maximum Gasteiger partial charge on any atom is 0.172 e. The molecule has 0 aliphatic rings. The standard InChI is InChI=1S/C20H14F2N4O2/c1-12-18(22)3-2-14(25-12)7-19(27)17-8-16(11-26-5-4-24-20(17)26)28-15-6-13(21)9-23-10-15/h2-6,8-11H,7H2,1H3. The van der Waals surface area contributed by atoms with Crippen molar-refractivity contribution in [3.63, 3.8) is 0 Å². The molecule has 0 unspecified atom stereocenters. The fourth-order valence-corrected chi connectivity index (χ4v) is 2.81. The lowest BCUT2D eigenvalue weighted by Crippen LogP contribution is -2.09. The number of pyridine rings is 3. The maximum absolute atomic E-state index is 13.4. The summed E-state index contributed by atoms with van der Waals surface area (Å²) in [6.45, 7) is 1.54. The molecule has 0 aliphatic carbocycles. The summed E-state index contributed by atoms with van der Waals surface area (Å²) in [5.74, 6) is -0.683. The van der Waals surface area contributed by atoms with Gasteiger partial charge in [-0.1, -0.05) is 0 Å². The number of Topliss-reactive ketones (excluding diaryl/α,β-unsaturated/α-hetero) is 1. The number of halogens is 2. The lowest BCUT2D eigenvalue weighted by molar-refractivity contribution is 0.0992. The Bertz CT molecular complexity index is 1190. The van der Waals surface area contributed by atoms with E-state index in [9.17, 15) is 13.6 Å². The zero-order chi connectivity index (χ0) is 19.7. The number of ketones is 1. The molecular weight excluding hydrogens is 366 g/mol. The molecule has 0 amide bonds. The number of aryl methyl sites for hydroxylation is 1. The normalized spacial score (nSPS) is 11.0. The van der Waals surface area contributed by atoms with Crippen molar-refractivity contribution in [2.75, 3.05) is 0 Å². The lowest BCUT2D eigenvalue weighted by atomic mass is 10.1. The molecule has 0 aromatic carbocycles. The van der Waals surface area contributed by atoms with E-state index in [-0.39, 0.29) is 23.6 Å². The summed E-state index contributed by atoms with van der Waals surface area (Å²) in [6.07, 6.45) is 7.27. The Morgan fingerprint density at radius 2 is 2.04 bits per heavy atom. The first-order valence-corrected chi connectivity index (χ1v) is 8.40. The summed E-state index contributed by atoms with van der Waals surface area (Å²) in [4.78, 5) is 24.9. The highest BCUT2D eigenvalue weighted by Crippen LogP contribution is 2.25. The molecule has 0 fully saturated rings. The molecule has 6 nitrogen and oxygen atoms in total. The Balaban J connectivity index is 1.68. The molecule has 28 heavy (non-hydrogen) atoms. The van der Waals surface area contributed by atoms with Crippen LogP contribution in [0.25, 0.3) is 5.65 Å². The van der Waals surface area contributed by atoms with E-state index in [1.165, 1.54) is 37.4 Å². The van der Waals surface area contributed by atoms with Crippen LogP contribution in [0.5, 0.6) is 11.5 Å². The molecule has 4 heterocycles. The van der Waals surface area contributed by atoms with Gasteiger partial charge in [-0.05, 0) is 25.1 Å². The van der Waals surface area contributed by atoms with E-state index in [4.69, 9.17) is 4.74 Å². The number of nitrogens with zero attached hydrogens (tertiary/aromatic N) is 4. The van der Waals surface area contributed by atoms with Crippen molar-refractivity contribution in [3.8, 4) is 11.5 Å². The van der Waals surface area contributed by atoms with Gasteiger partial charge in [0.15, 0.2) is 5.78 Å². The summed E-state index contributed by atoms with van der Waals surface area (Å²) in [6, 6.07) is 5.48. The summed E-state index contributed by atoms with van der Waals surface area (Å²) >= 11 is 0. The molecule has 140 valence electrons. The van der Waals surface area contributed by atoms with Crippen LogP contribution < -0.4 is 4.74 Å². The Labute approximate surface area is 158 Å². The van der Waals surface area contributed by atoms with Gasteiger partial charge in [0.1, 0.15) is 28.8 Å². The molecule has 4 rings (SSSR count). The van der Waals surface area contributed by atoms with Crippen molar-refractivity contribution < 1.29 is 18.3 Å². The number of fused-ring (bicyclic) bond motifs is 1. The van der Waals surface area contributed by atoms with Crippen molar-refractivity contribution in [2.24, 2.45) is 0 Å². The van der Waals surface area contributed by atoms with Crippen LogP contribution in [-0.4, -0.2) is 25.1 Å². The third kappa shape index (κ3) is 3.57. The van der Waals surface area contributed by atoms with Crippen LogP contribution in [-0.2, 0) is 6.42 Å². The minimum atomic E-state index is -0.532. The molecule has 0 bridgehead atoms. The van der Waals surface area contributed by atoms with Gasteiger partial charge in [-0.15, -0.1) is 0 Å². The maximum atomic E-state index is 13.4. The molecule has 0 radical (unpaired) electrons. The third-order valence-electron chi connectivity index (χ3n) is 4.10. The summed E-state index contributed by atoms with van der Waals surface area (Å²) in [5.41, 5.74) is 1.45. The number of imidazole rings is 1. The quantitative estimate of drug-likeness (QED) is 0.491. The van der Waals surface area contributed by atoms with Crippen molar-refractivity contribution >= 4 is 11.4 Å². The summed E-state index contributed by atoms with van der Waals surface area (Å²) in [7, 11) is 0. The van der Waals surface area contributed by atoms with Crippen LogP contribution in [0.1, 0.15) is 21.7 Å². The van der Waals surface area contributed by atoms with E-state index >= 15 is 0 Å². The molecule has 0 aliphatic heterocycles. The first-order valence-electron chi connectivity index (χ1n) is 8.40. The second-order valence-electron chi connectivity index (χ2n) is 6.16. The van der Waals surface area contributed by atoms with Gasteiger partial charge in [0.25, 0.3) is 0 Å². The Morgan fingerprint density at radius 3 is 2.82 bits per heavy atom. The number of rotatable bonds is 5. The molecular formula is C20H14F2N4O2. The van der Waals surface area contributed by atoms with E-state index in [2.05, 4.69) is 15.0 Å². The van der Waals surface area contributed by atoms with Gasteiger partial charge in [-0.2, -0.15) is 0 Å². The van der Waals surface area contributed by atoms with Crippen LogP contribution in [0, 0.1) is 18.6 Å². The molecule has 8 heteroatoms. The smallest absolute Gasteiger partial charge is 0.172 e. The first kappa shape index (κ1) is 17.7. The second-order valence-corrected chi connectivity index (χ2v) is 6.16. The average Bonchev–Trinajstić information content (AvgIpc) is 3.12. The predicted molar refractivity (Wildman–Crippen MR) is 96.4 cm³/mol. The molecule has 0 saturated heterocycles. The van der Waals surface area contributed by atoms with E-state index < -0.39 is 11.6 Å². The van der Waals surface area contributed by atoms with E-state index in [1.807, 2.05) is 0 Å². The van der Waals surface area contributed by atoms with E-state index in [0.29, 0.717) is 22.7 Å². The van der Waals surface area contributed by atoms with Gasteiger partial charge >= 0.3 is 0 Å². The van der Waals surface area contributed by atoms with Crippen LogP contribution in [0.3, 0.4) is 0 Å². The first-order chi connectivity index (χ1) is 13.5. The van der Waals surface area contributed by atoms with Crippen LogP contribution in [0.15, 0.2) is 55.2 Å². The van der Waals surface area contributed by atoms with Crippen molar-refractivity contribution in [2.45, 2.75) is 13.3 Å². The Hall–Kier alpha value is -3.68. The minimum Gasteiger partial charge on any atom is -0.454 e. The van der Waals surface area contributed by atoms with Crippen molar-refractivity contribution in [1.29, 1.82) is 0 Å². The van der Waals surface area contributed by atoms with Crippen molar-refractivity contribution in [1.82, 2.24) is 19.4 Å². The SMILES string of the molecule is Cc1nc(CC(=O)c2cc(Oc3cncc(F)c3)cn3ccnc23)ccc1F. The number of ether oxygens (including phenoxy) is 1. The highest BCUT2D eigenvalue weighted by Gasteiger charge is 2.16. The van der Waals surface area contributed by atoms with Gasteiger partial charge in [0.2, 0.25) is 0 Å². The number of hydrogen-bond acceptors (Lipinski definition) is 5. The predicted octanol–water partition coefficient (Wildman–Crippen LogP) is 3.93. The Morgan fingerprint density at radius 1 is 1.18 bits per heavy atom. The van der Waals surface area contributed by atoms with Gasteiger partial charge in [0, 0.05) is 24.2 Å². The van der Waals surface area contributed by atoms with Gasteiger partial charge in [-0.3, -0.25) is 14.8 Å². The third-order valence-corrected chi connectivity index (χ3v) is 4.10. The number of carbonyl (C=O) groups excluding carboxylic acids is 1. The highest BCUT2D eigenvalue weighted by molar-refractivity contribution is 6.02. The number of carbonyl (C=O) groups is 1. The zero-order valence-corrected chi connectivity index (χ0v) is 14.8. The minimum absolute atomic E-state index is 0.0192. The van der Waals surface area contributed by atoms with Crippen molar-refractivity contribution in [3.05, 3.63) is 83.8 Å². The number of hydrogen-bond donors (Lipinski definition) is 0. The fraction of sp³-hybridized carbons (Fsp3) is 0.100. The highest BCUT2D eigenvalue weighted by atomic mass is 19.1. The average molecular weight is 380 g/mol. The molecule has 0 saturated carbocycles. The van der Waals surface area contributed by atoms with Gasteiger partial charge in [-0.25, -0.2) is 13.8 Å². The summed E-state index contributed by atoms with van der Waals surface area (Å²) in [5, 5.41) is 0. The lowest BCUT2D eigenvalue weighted by Gasteiger charge is -2.09. The van der Waals surface area contributed by atoms with Gasteiger partial charge in [0.05, 0.1) is 36.3 Å². The second kappa shape index (κ2) is 7.15. The monoisotopic (exact) mass is 380 g/mol. The number of aromatic nitrogens is 4. The topological polar surface area (TPSA) is 69.4 Å². The molecule has 0 spiro atoms. The van der Waals surface area contributed by atoms with Gasteiger partial charge < -0.3 is 9.14 Å². The van der Waals surface area contributed by atoms with E-state index in [0.717, 1.165) is 6.20 Å². The fourth-order valence-electron chi connectivity index (χ4n) is 2.81. The molecule has 4 aromatic heterocycles. The van der Waals surface area contributed by atoms with Crippen LogP contribution in [0.2, 0.25) is 0 Å². The molecule has 4 aromatic rings. The Kier molecular flexibility index (Phi) is 4.52. The largest absolute Gasteiger partial charge is 0.454 e. The summed E-state index contributed by atoms with van der Waals surface area (Å²) < 4.78 is 34.0. The molecule has 0 atom stereocenters. The molecule has 0 N–H and O–H groups in total. The van der Waals surface area contributed by atoms with E-state index in [1.54, 1.807) is 23.0 Å².